The first-order chi connectivity index (χ1) is 13.4. The number of aromatic carboxylic acids is 1. The molecule has 142 valence electrons. The van der Waals surface area contributed by atoms with Gasteiger partial charge in [0.2, 0.25) is 5.91 Å². The molecular formula is C20H17N3O4S. The van der Waals surface area contributed by atoms with Crippen molar-refractivity contribution in [1.29, 1.82) is 0 Å². The highest BCUT2D eigenvalue weighted by molar-refractivity contribution is 7.99. The molecule has 0 atom stereocenters. The van der Waals surface area contributed by atoms with Gasteiger partial charge in [-0.05, 0) is 37.3 Å². The van der Waals surface area contributed by atoms with Crippen molar-refractivity contribution in [3.05, 3.63) is 82.3 Å². The molecule has 8 heteroatoms. The van der Waals surface area contributed by atoms with E-state index in [1.807, 2.05) is 18.2 Å². The zero-order valence-corrected chi connectivity index (χ0v) is 15.8. The number of anilines is 1. The van der Waals surface area contributed by atoms with Gasteiger partial charge in [-0.2, -0.15) is 0 Å². The lowest BCUT2D eigenvalue weighted by molar-refractivity contribution is -0.113. The first kappa shape index (κ1) is 19.4. The number of amides is 1. The van der Waals surface area contributed by atoms with E-state index in [4.69, 9.17) is 5.11 Å². The van der Waals surface area contributed by atoms with E-state index in [1.54, 1.807) is 31.2 Å². The van der Waals surface area contributed by atoms with Crippen molar-refractivity contribution in [2.24, 2.45) is 0 Å². The summed E-state index contributed by atoms with van der Waals surface area (Å²) in [4.78, 5) is 40.2. The van der Waals surface area contributed by atoms with Crippen LogP contribution >= 0.6 is 11.8 Å². The Morgan fingerprint density at radius 1 is 1.11 bits per heavy atom. The van der Waals surface area contributed by atoms with Crippen LogP contribution in [0, 0.1) is 6.92 Å². The fraction of sp³-hybridized carbons (Fsp3) is 0.100. The Morgan fingerprint density at radius 2 is 1.86 bits per heavy atom. The number of benzene rings is 2. The number of para-hydroxylation sites is 1. The van der Waals surface area contributed by atoms with E-state index in [2.05, 4.69) is 10.3 Å². The number of carboxylic acids is 1. The van der Waals surface area contributed by atoms with Crippen LogP contribution in [0.25, 0.3) is 5.69 Å². The number of nitrogens with one attached hydrogen (secondary N) is 1. The summed E-state index contributed by atoms with van der Waals surface area (Å²) in [5, 5.41) is 12.1. The first-order valence-electron chi connectivity index (χ1n) is 8.36. The Morgan fingerprint density at radius 3 is 2.57 bits per heavy atom. The molecule has 2 N–H and O–H groups in total. The average molecular weight is 395 g/mol. The molecule has 0 aliphatic carbocycles. The minimum absolute atomic E-state index is 0.0139. The molecule has 0 aliphatic heterocycles. The van der Waals surface area contributed by atoms with Crippen molar-refractivity contribution in [1.82, 2.24) is 9.55 Å². The minimum atomic E-state index is -1.07. The third-order valence-corrected chi connectivity index (χ3v) is 4.69. The normalized spacial score (nSPS) is 10.5. The van der Waals surface area contributed by atoms with Gasteiger partial charge >= 0.3 is 5.97 Å². The van der Waals surface area contributed by atoms with E-state index in [9.17, 15) is 14.4 Å². The number of carbonyl (C=O) groups is 2. The Hall–Kier alpha value is -3.39. The summed E-state index contributed by atoms with van der Waals surface area (Å²) in [5.41, 5.74) is 1.48. The average Bonchev–Trinajstić information content (AvgIpc) is 2.67. The lowest BCUT2D eigenvalue weighted by Crippen LogP contribution is -2.22. The van der Waals surface area contributed by atoms with E-state index in [0.717, 1.165) is 11.8 Å². The van der Waals surface area contributed by atoms with Gasteiger partial charge in [0.05, 0.1) is 17.0 Å². The monoisotopic (exact) mass is 395 g/mol. The number of rotatable bonds is 6. The van der Waals surface area contributed by atoms with Crippen molar-refractivity contribution in [3.63, 3.8) is 0 Å². The number of hydrogen-bond acceptors (Lipinski definition) is 5. The summed E-state index contributed by atoms with van der Waals surface area (Å²) >= 11 is 1.13. The van der Waals surface area contributed by atoms with Crippen LogP contribution in [0.15, 0.2) is 70.6 Å². The van der Waals surface area contributed by atoms with Crippen molar-refractivity contribution in [2.75, 3.05) is 11.1 Å². The molecule has 28 heavy (non-hydrogen) atoms. The smallest absolute Gasteiger partial charge is 0.335 e. The van der Waals surface area contributed by atoms with Gasteiger partial charge in [-0.3, -0.25) is 14.2 Å². The predicted octanol–water partition coefficient (Wildman–Crippen LogP) is 2.97. The molecule has 1 heterocycles. The van der Waals surface area contributed by atoms with Crippen LogP contribution < -0.4 is 10.9 Å². The molecule has 7 nitrogen and oxygen atoms in total. The second kappa shape index (κ2) is 8.53. The number of nitrogens with zero attached hydrogens (tertiary/aromatic N) is 2. The Kier molecular flexibility index (Phi) is 5.90. The van der Waals surface area contributed by atoms with Crippen LogP contribution in [0.3, 0.4) is 0 Å². The molecule has 2 aromatic carbocycles. The van der Waals surface area contributed by atoms with Gasteiger partial charge in [-0.15, -0.1) is 0 Å². The Bertz CT molecular complexity index is 1080. The van der Waals surface area contributed by atoms with E-state index < -0.39 is 5.97 Å². The molecule has 3 rings (SSSR count). The van der Waals surface area contributed by atoms with E-state index >= 15 is 0 Å². The number of thioether (sulfide) groups is 1. The summed E-state index contributed by atoms with van der Waals surface area (Å²) in [6.07, 6.45) is 0. The molecule has 0 saturated heterocycles. The number of aryl methyl sites for hydroxylation is 1. The molecule has 1 amide bonds. The molecule has 0 fully saturated rings. The van der Waals surface area contributed by atoms with Gasteiger partial charge in [0, 0.05) is 17.4 Å². The van der Waals surface area contributed by atoms with Crippen LogP contribution in [0.1, 0.15) is 16.1 Å². The topological polar surface area (TPSA) is 101 Å². The third kappa shape index (κ3) is 4.66. The summed E-state index contributed by atoms with van der Waals surface area (Å²) in [5.74, 6) is -1.38. The first-order valence-corrected chi connectivity index (χ1v) is 9.35. The van der Waals surface area contributed by atoms with Crippen molar-refractivity contribution >= 4 is 29.3 Å². The maximum atomic E-state index is 12.5. The largest absolute Gasteiger partial charge is 0.478 e. The number of aromatic nitrogens is 2. The van der Waals surface area contributed by atoms with Crippen molar-refractivity contribution in [3.8, 4) is 5.69 Å². The number of carbonyl (C=O) groups excluding carboxylic acids is 1. The van der Waals surface area contributed by atoms with Gasteiger partial charge < -0.3 is 10.4 Å². The third-order valence-electron chi connectivity index (χ3n) is 3.76. The van der Waals surface area contributed by atoms with Crippen LogP contribution in [0.2, 0.25) is 0 Å². The maximum Gasteiger partial charge on any atom is 0.335 e. The van der Waals surface area contributed by atoms with Crippen molar-refractivity contribution in [2.45, 2.75) is 12.1 Å². The minimum Gasteiger partial charge on any atom is -0.478 e. The number of carboxylic acid groups (broad SMARTS) is 1. The summed E-state index contributed by atoms with van der Waals surface area (Å²) in [6.45, 7) is 1.72. The van der Waals surface area contributed by atoms with Crippen LogP contribution in [-0.4, -0.2) is 32.3 Å². The second-order valence-electron chi connectivity index (χ2n) is 5.91. The maximum absolute atomic E-state index is 12.5. The number of hydrogen-bond donors (Lipinski definition) is 2. The Labute approximate surface area is 165 Å². The van der Waals surface area contributed by atoms with E-state index in [-0.39, 0.29) is 22.8 Å². The SMILES string of the molecule is Cc1cc(=O)n(-c2ccccc2)c(SCC(=O)Nc2cccc(C(=O)O)c2)n1. The van der Waals surface area contributed by atoms with Gasteiger partial charge in [0.15, 0.2) is 5.16 Å². The fourth-order valence-electron chi connectivity index (χ4n) is 2.54. The summed E-state index contributed by atoms with van der Waals surface area (Å²) < 4.78 is 1.45. The van der Waals surface area contributed by atoms with Crippen LogP contribution in [0.4, 0.5) is 5.69 Å². The zero-order chi connectivity index (χ0) is 20.1. The van der Waals surface area contributed by atoms with Gasteiger partial charge in [0.25, 0.3) is 5.56 Å². The standard InChI is InChI=1S/C20H17N3O4S/c1-13-10-18(25)23(16-8-3-2-4-9-16)20(21-13)28-12-17(24)22-15-7-5-6-14(11-15)19(26)27/h2-11H,12H2,1H3,(H,22,24)(H,26,27). The molecular weight excluding hydrogens is 378 g/mol. The van der Waals surface area contributed by atoms with Gasteiger partial charge in [0.1, 0.15) is 0 Å². The zero-order valence-electron chi connectivity index (χ0n) is 15.0. The highest BCUT2D eigenvalue weighted by Crippen LogP contribution is 2.19. The van der Waals surface area contributed by atoms with Crippen LogP contribution in [-0.2, 0) is 4.79 Å². The van der Waals surface area contributed by atoms with E-state index in [0.29, 0.717) is 22.2 Å². The molecule has 0 spiro atoms. The lowest BCUT2D eigenvalue weighted by Gasteiger charge is -2.12. The molecule has 1 aromatic heterocycles. The molecule has 0 saturated carbocycles. The quantitative estimate of drug-likeness (QED) is 0.492. The molecule has 0 aliphatic rings. The predicted molar refractivity (Wildman–Crippen MR) is 107 cm³/mol. The molecule has 0 radical (unpaired) electrons. The summed E-state index contributed by atoms with van der Waals surface area (Å²) in [7, 11) is 0. The highest BCUT2D eigenvalue weighted by Gasteiger charge is 2.13. The summed E-state index contributed by atoms with van der Waals surface area (Å²) in [6, 6.07) is 16.5. The van der Waals surface area contributed by atoms with Crippen molar-refractivity contribution < 1.29 is 14.7 Å². The fourth-order valence-corrected chi connectivity index (χ4v) is 3.40. The van der Waals surface area contributed by atoms with E-state index in [1.165, 1.54) is 22.8 Å². The molecule has 3 aromatic rings. The molecule has 0 bridgehead atoms. The highest BCUT2D eigenvalue weighted by atomic mass is 32.2. The van der Waals surface area contributed by atoms with Gasteiger partial charge in [-0.1, -0.05) is 36.0 Å². The van der Waals surface area contributed by atoms with Gasteiger partial charge in [-0.25, -0.2) is 9.78 Å². The Balaban J connectivity index is 1.77. The van der Waals surface area contributed by atoms with Crippen LogP contribution in [0.5, 0.6) is 0 Å². The lowest BCUT2D eigenvalue weighted by atomic mass is 10.2. The molecule has 0 unspecified atom stereocenters. The second-order valence-corrected chi connectivity index (χ2v) is 6.85.